The molecule has 0 bridgehead atoms. The molecule has 30 heavy (non-hydrogen) atoms. The van der Waals surface area contributed by atoms with Crippen LogP contribution in [-0.2, 0) is 4.79 Å². The number of carbonyl (C=O) groups excluding carboxylic acids is 1. The van der Waals surface area contributed by atoms with Crippen LogP contribution in [-0.4, -0.2) is 37.6 Å². The van der Waals surface area contributed by atoms with Gasteiger partial charge in [-0.25, -0.2) is 4.39 Å². The van der Waals surface area contributed by atoms with E-state index in [0.29, 0.717) is 49.7 Å². The Morgan fingerprint density at radius 2 is 2.07 bits per heavy atom. The maximum Gasteiger partial charge on any atom is 0.220 e. The Balaban J connectivity index is 0.00000320. The number of ether oxygens (including phenoxy) is 1. The molecule has 0 radical (unpaired) electrons. The number of nitrogens with zero attached hydrogens (tertiary/aromatic N) is 1. The molecule has 2 aliphatic carbocycles. The topological polar surface area (TPSA) is 74.8 Å². The van der Waals surface area contributed by atoms with E-state index in [-0.39, 0.29) is 41.7 Å². The number of amides is 1. The van der Waals surface area contributed by atoms with Gasteiger partial charge < -0.3 is 20.7 Å². The predicted octanol–water partition coefficient (Wildman–Crippen LogP) is 3.91. The van der Waals surface area contributed by atoms with Crippen LogP contribution in [0.2, 0.25) is 0 Å². The molecule has 1 unspecified atom stereocenters. The lowest BCUT2D eigenvalue weighted by molar-refractivity contribution is -0.121. The van der Waals surface area contributed by atoms with Gasteiger partial charge in [0.2, 0.25) is 5.91 Å². The third-order valence-corrected chi connectivity index (χ3v) is 5.10. The summed E-state index contributed by atoms with van der Waals surface area (Å²) in [4.78, 5) is 16.3. The van der Waals surface area contributed by atoms with Gasteiger partial charge in [-0.3, -0.25) is 9.79 Å². The average molecular weight is 532 g/mol. The summed E-state index contributed by atoms with van der Waals surface area (Å²) in [5.74, 6) is 1.34. The molecule has 2 fully saturated rings. The second-order valence-corrected chi connectivity index (χ2v) is 8.02. The molecule has 168 valence electrons. The van der Waals surface area contributed by atoms with Crippen LogP contribution in [0.3, 0.4) is 0 Å². The molecule has 0 saturated heterocycles. The molecular formula is C22H34FIN4O2. The third-order valence-electron chi connectivity index (χ3n) is 5.10. The highest BCUT2D eigenvalue weighted by Crippen LogP contribution is 2.30. The quantitative estimate of drug-likeness (QED) is 0.175. The van der Waals surface area contributed by atoms with E-state index < -0.39 is 0 Å². The summed E-state index contributed by atoms with van der Waals surface area (Å²) in [6.07, 6.45) is 5.75. The first-order valence-electron chi connectivity index (χ1n) is 10.8. The highest BCUT2D eigenvalue weighted by atomic mass is 127. The Morgan fingerprint density at radius 3 is 2.70 bits per heavy atom. The van der Waals surface area contributed by atoms with E-state index in [1.807, 2.05) is 19.9 Å². The van der Waals surface area contributed by atoms with Gasteiger partial charge in [-0.15, -0.1) is 24.0 Å². The number of guanidine groups is 1. The normalized spacial score (nSPS) is 17.0. The molecular weight excluding hydrogens is 498 g/mol. The van der Waals surface area contributed by atoms with Crippen LogP contribution < -0.4 is 20.7 Å². The zero-order chi connectivity index (χ0) is 20.6. The fraction of sp³-hybridized carbons (Fsp3) is 0.636. The van der Waals surface area contributed by atoms with Crippen molar-refractivity contribution in [3.8, 4) is 5.75 Å². The molecule has 1 aromatic rings. The van der Waals surface area contributed by atoms with E-state index in [1.165, 1.54) is 18.9 Å². The summed E-state index contributed by atoms with van der Waals surface area (Å²) in [6, 6.07) is 5.39. The van der Waals surface area contributed by atoms with Crippen molar-refractivity contribution in [2.24, 2.45) is 10.9 Å². The van der Waals surface area contributed by atoms with Crippen molar-refractivity contribution in [3.05, 3.63) is 29.6 Å². The summed E-state index contributed by atoms with van der Waals surface area (Å²) in [6.45, 7) is 5.84. The first-order chi connectivity index (χ1) is 14.0. The van der Waals surface area contributed by atoms with Gasteiger partial charge in [-0.2, -0.15) is 0 Å². The van der Waals surface area contributed by atoms with Crippen molar-refractivity contribution in [1.82, 2.24) is 16.0 Å². The fourth-order valence-corrected chi connectivity index (χ4v) is 2.96. The van der Waals surface area contributed by atoms with Gasteiger partial charge in [0.05, 0.1) is 12.6 Å². The van der Waals surface area contributed by atoms with Crippen molar-refractivity contribution in [2.75, 3.05) is 19.7 Å². The molecule has 0 aliphatic heterocycles. The van der Waals surface area contributed by atoms with Crippen molar-refractivity contribution in [2.45, 2.75) is 64.5 Å². The van der Waals surface area contributed by atoms with Gasteiger partial charge in [-0.1, -0.05) is 6.07 Å². The molecule has 1 aromatic carbocycles. The Hall–Kier alpha value is -1.58. The number of carbonyl (C=O) groups is 1. The van der Waals surface area contributed by atoms with E-state index in [0.717, 1.165) is 24.9 Å². The van der Waals surface area contributed by atoms with Gasteiger partial charge in [0.1, 0.15) is 0 Å². The van der Waals surface area contributed by atoms with Crippen LogP contribution in [0.5, 0.6) is 5.75 Å². The summed E-state index contributed by atoms with van der Waals surface area (Å²) in [7, 11) is 0. The number of halogens is 2. The largest absolute Gasteiger partial charge is 0.490 e. The standard InChI is InChI=1S/C22H33FN4O2.HI/c1-3-24-22(25-12-4-5-21(28)27-18-9-10-18)26-15(2)17-8-11-20(19(23)13-17)29-14-16-6-7-16;/h8,11,13,15-16,18H,3-7,9-10,12,14H2,1-2H3,(H,27,28)(H2,24,25,26);1H. The second-order valence-electron chi connectivity index (χ2n) is 8.02. The predicted molar refractivity (Wildman–Crippen MR) is 128 cm³/mol. The average Bonchev–Trinajstić information content (AvgIpc) is 3.60. The first kappa shape index (κ1) is 24.7. The first-order valence-corrected chi connectivity index (χ1v) is 10.8. The lowest BCUT2D eigenvalue weighted by Crippen LogP contribution is -2.38. The zero-order valence-corrected chi connectivity index (χ0v) is 20.2. The minimum Gasteiger partial charge on any atom is -0.490 e. The lowest BCUT2D eigenvalue weighted by atomic mass is 10.1. The van der Waals surface area contributed by atoms with E-state index >= 15 is 0 Å². The van der Waals surface area contributed by atoms with Gasteiger partial charge >= 0.3 is 0 Å². The maximum atomic E-state index is 14.3. The molecule has 3 rings (SSSR count). The minimum absolute atomic E-state index is 0. The number of hydrogen-bond donors (Lipinski definition) is 3. The molecule has 0 heterocycles. The maximum absolute atomic E-state index is 14.3. The third kappa shape index (κ3) is 8.65. The summed E-state index contributed by atoms with van der Waals surface area (Å²) < 4.78 is 19.9. The van der Waals surface area contributed by atoms with Crippen molar-refractivity contribution in [1.29, 1.82) is 0 Å². The molecule has 0 aromatic heterocycles. The monoisotopic (exact) mass is 532 g/mol. The highest BCUT2D eigenvalue weighted by molar-refractivity contribution is 14.0. The Morgan fingerprint density at radius 1 is 1.30 bits per heavy atom. The second kappa shape index (κ2) is 12.3. The van der Waals surface area contributed by atoms with Gasteiger partial charge in [0, 0.05) is 25.6 Å². The number of aliphatic imine (C=N–C) groups is 1. The number of hydrogen-bond acceptors (Lipinski definition) is 3. The van der Waals surface area contributed by atoms with Crippen molar-refractivity contribution in [3.63, 3.8) is 0 Å². The van der Waals surface area contributed by atoms with E-state index in [1.54, 1.807) is 6.07 Å². The molecule has 6 nitrogen and oxygen atoms in total. The van der Waals surface area contributed by atoms with Crippen molar-refractivity contribution >= 4 is 35.8 Å². The van der Waals surface area contributed by atoms with Gasteiger partial charge in [0.25, 0.3) is 0 Å². The summed E-state index contributed by atoms with van der Waals surface area (Å²) in [5.41, 5.74) is 0.829. The van der Waals surface area contributed by atoms with Gasteiger partial charge in [-0.05, 0) is 69.6 Å². The summed E-state index contributed by atoms with van der Waals surface area (Å²) >= 11 is 0. The number of nitrogens with one attached hydrogen (secondary N) is 3. The molecule has 2 saturated carbocycles. The Bertz CT molecular complexity index is 723. The smallest absolute Gasteiger partial charge is 0.220 e. The zero-order valence-electron chi connectivity index (χ0n) is 17.9. The van der Waals surface area contributed by atoms with Crippen LogP contribution in [0.25, 0.3) is 0 Å². The van der Waals surface area contributed by atoms with Crippen LogP contribution in [0.4, 0.5) is 4.39 Å². The SMILES string of the molecule is CCNC(=NCCCC(=O)NC1CC1)NC(C)c1ccc(OCC2CC2)c(F)c1.I. The fourth-order valence-electron chi connectivity index (χ4n) is 2.96. The highest BCUT2D eigenvalue weighted by Gasteiger charge is 2.23. The number of rotatable bonds is 11. The number of benzene rings is 1. The summed E-state index contributed by atoms with van der Waals surface area (Å²) in [5, 5.41) is 9.49. The molecule has 1 amide bonds. The van der Waals surface area contributed by atoms with E-state index in [9.17, 15) is 9.18 Å². The molecule has 2 aliphatic rings. The molecule has 8 heteroatoms. The van der Waals surface area contributed by atoms with Crippen LogP contribution in [0.15, 0.2) is 23.2 Å². The Kier molecular flexibility index (Phi) is 10.1. The molecule has 3 N–H and O–H groups in total. The van der Waals surface area contributed by atoms with Crippen LogP contribution >= 0.6 is 24.0 Å². The molecule has 0 spiro atoms. The van der Waals surface area contributed by atoms with Gasteiger partial charge in [0.15, 0.2) is 17.5 Å². The van der Waals surface area contributed by atoms with Crippen LogP contribution in [0, 0.1) is 11.7 Å². The minimum atomic E-state index is -0.333. The van der Waals surface area contributed by atoms with Crippen molar-refractivity contribution < 1.29 is 13.9 Å². The molecule has 1 atom stereocenters. The Labute approximate surface area is 195 Å². The lowest BCUT2D eigenvalue weighted by Gasteiger charge is -2.19. The van der Waals surface area contributed by atoms with Crippen LogP contribution in [0.1, 0.15) is 64.0 Å². The van der Waals surface area contributed by atoms with E-state index in [2.05, 4.69) is 20.9 Å². The van der Waals surface area contributed by atoms with E-state index in [4.69, 9.17) is 4.74 Å².